The van der Waals surface area contributed by atoms with Gasteiger partial charge >= 0.3 is 3.36 Å². The maximum atomic E-state index is 10.6. The first-order valence-electron chi connectivity index (χ1n) is 3.41. The third-order valence-corrected chi connectivity index (χ3v) is 2.82. The van der Waals surface area contributed by atoms with E-state index >= 15 is 0 Å². The minimum Gasteiger partial charge on any atom is -0.262 e. The van der Waals surface area contributed by atoms with Crippen molar-refractivity contribution in [1.29, 1.82) is 0 Å². The summed E-state index contributed by atoms with van der Waals surface area (Å²) >= 11 is 5.89. The lowest BCUT2D eigenvalue weighted by atomic mass is 10.3. The van der Waals surface area contributed by atoms with Crippen molar-refractivity contribution in [2.24, 2.45) is 0 Å². The van der Waals surface area contributed by atoms with Gasteiger partial charge in [-0.15, -0.1) is 0 Å². The van der Waals surface area contributed by atoms with Gasteiger partial charge in [0.1, 0.15) is 5.69 Å². The lowest BCUT2D eigenvalue weighted by molar-refractivity contribution is -0.511. The summed E-state index contributed by atoms with van der Waals surface area (Å²) in [5, 5.41) is 10.6. The number of rotatable bonds is 2. The zero-order chi connectivity index (χ0) is 10.1. The molecular formula is C7H6Br2N2O2. The molecule has 0 radical (unpaired) electrons. The van der Waals surface area contributed by atoms with Crippen LogP contribution in [0.1, 0.15) is 11.4 Å². The summed E-state index contributed by atoms with van der Waals surface area (Å²) < 4.78 is -1.48. The second-order valence-corrected chi connectivity index (χ2v) is 5.82. The van der Waals surface area contributed by atoms with Gasteiger partial charge in [0.05, 0.1) is 4.92 Å². The molecule has 0 unspecified atom stereocenters. The highest BCUT2D eigenvalue weighted by atomic mass is 79.9. The van der Waals surface area contributed by atoms with Crippen LogP contribution in [0.25, 0.3) is 0 Å². The first kappa shape index (κ1) is 10.6. The van der Waals surface area contributed by atoms with Gasteiger partial charge in [-0.2, -0.15) is 0 Å². The van der Waals surface area contributed by atoms with E-state index in [-0.39, 0.29) is 0 Å². The number of nitrogens with zero attached hydrogens (tertiary/aromatic N) is 2. The van der Waals surface area contributed by atoms with Crippen molar-refractivity contribution in [3.63, 3.8) is 0 Å². The van der Waals surface area contributed by atoms with Gasteiger partial charge in [-0.1, -0.05) is 6.07 Å². The highest BCUT2D eigenvalue weighted by Crippen LogP contribution is 2.37. The van der Waals surface area contributed by atoms with Crippen LogP contribution in [-0.4, -0.2) is 9.91 Å². The predicted octanol–water partition coefficient (Wildman–Crippen LogP) is 2.57. The standard InChI is InChI=1S/C7H6Br2N2O2/c1-5-3-2-4-6(10-5)7(8,9)11(12)13/h2-4H,1H3. The zero-order valence-electron chi connectivity index (χ0n) is 6.70. The fourth-order valence-electron chi connectivity index (χ4n) is 0.804. The molecule has 0 aliphatic heterocycles. The van der Waals surface area contributed by atoms with E-state index in [1.54, 1.807) is 25.1 Å². The van der Waals surface area contributed by atoms with Crippen LogP contribution in [0.15, 0.2) is 18.2 Å². The summed E-state index contributed by atoms with van der Waals surface area (Å²) in [6, 6.07) is 5.08. The lowest BCUT2D eigenvalue weighted by Crippen LogP contribution is -2.22. The SMILES string of the molecule is Cc1cccc(C(Br)(Br)[N+](=O)[O-])n1. The lowest BCUT2D eigenvalue weighted by Gasteiger charge is -2.10. The number of aromatic nitrogens is 1. The molecule has 0 saturated heterocycles. The van der Waals surface area contributed by atoms with Gasteiger partial charge in [0.2, 0.25) is 0 Å². The molecule has 0 aliphatic rings. The molecular weight excluding hydrogens is 304 g/mol. The maximum absolute atomic E-state index is 10.6. The van der Waals surface area contributed by atoms with Crippen LogP contribution in [0.3, 0.4) is 0 Å². The Morgan fingerprint density at radius 2 is 2.15 bits per heavy atom. The predicted molar refractivity (Wildman–Crippen MR) is 55.5 cm³/mol. The number of halogens is 2. The van der Waals surface area contributed by atoms with Gasteiger partial charge < -0.3 is 0 Å². The van der Waals surface area contributed by atoms with E-state index in [0.717, 1.165) is 5.69 Å². The third-order valence-electron chi connectivity index (χ3n) is 1.43. The van der Waals surface area contributed by atoms with Gasteiger partial charge in [0.25, 0.3) is 0 Å². The minimum absolute atomic E-state index is 0.331. The van der Waals surface area contributed by atoms with E-state index in [1.165, 1.54) is 0 Å². The molecule has 0 bridgehead atoms. The van der Waals surface area contributed by atoms with E-state index in [0.29, 0.717) is 5.69 Å². The average molecular weight is 310 g/mol. The van der Waals surface area contributed by atoms with Crippen molar-refractivity contribution >= 4 is 31.9 Å². The molecule has 0 fully saturated rings. The molecule has 0 N–H and O–H groups in total. The molecule has 70 valence electrons. The van der Waals surface area contributed by atoms with Crippen molar-refractivity contribution in [3.05, 3.63) is 39.7 Å². The van der Waals surface area contributed by atoms with Crippen molar-refractivity contribution in [1.82, 2.24) is 4.98 Å². The molecule has 1 aromatic heterocycles. The molecule has 0 spiro atoms. The number of aryl methyl sites for hydroxylation is 1. The molecule has 0 saturated carbocycles. The summed E-state index contributed by atoms with van der Waals surface area (Å²) in [5.41, 5.74) is 1.07. The second kappa shape index (κ2) is 3.71. The summed E-state index contributed by atoms with van der Waals surface area (Å²) in [6.45, 7) is 1.78. The van der Waals surface area contributed by atoms with E-state index in [1.807, 2.05) is 0 Å². The van der Waals surface area contributed by atoms with Crippen molar-refractivity contribution < 1.29 is 4.92 Å². The maximum Gasteiger partial charge on any atom is 0.368 e. The number of hydrogen-bond acceptors (Lipinski definition) is 3. The van der Waals surface area contributed by atoms with Gasteiger partial charge in [-0.25, -0.2) is 4.98 Å². The fourth-order valence-corrected chi connectivity index (χ4v) is 1.25. The van der Waals surface area contributed by atoms with Crippen LogP contribution < -0.4 is 0 Å². The minimum atomic E-state index is -1.48. The molecule has 0 aliphatic carbocycles. The Kier molecular flexibility index (Phi) is 3.02. The number of alkyl halides is 2. The van der Waals surface area contributed by atoms with Gasteiger partial charge in [-0.3, -0.25) is 10.1 Å². The first-order chi connectivity index (χ1) is 5.94. The van der Waals surface area contributed by atoms with Gasteiger partial charge in [-0.05, 0) is 19.1 Å². The molecule has 0 atom stereocenters. The van der Waals surface area contributed by atoms with Crippen molar-refractivity contribution in [2.75, 3.05) is 0 Å². The van der Waals surface area contributed by atoms with Crippen LogP contribution in [0, 0.1) is 17.0 Å². The Labute approximate surface area is 91.8 Å². The summed E-state index contributed by atoms with van der Waals surface area (Å²) in [4.78, 5) is 14.1. The first-order valence-corrected chi connectivity index (χ1v) is 4.99. The molecule has 1 heterocycles. The Hall–Kier alpha value is -0.490. The second-order valence-electron chi connectivity index (χ2n) is 2.46. The van der Waals surface area contributed by atoms with E-state index < -0.39 is 8.28 Å². The van der Waals surface area contributed by atoms with Gasteiger partial charge in [0, 0.05) is 37.6 Å². The van der Waals surface area contributed by atoms with E-state index in [4.69, 9.17) is 0 Å². The van der Waals surface area contributed by atoms with Gasteiger partial charge in [0.15, 0.2) is 0 Å². The average Bonchev–Trinajstić information content (AvgIpc) is 2.04. The molecule has 1 rings (SSSR count). The Morgan fingerprint density at radius 3 is 2.62 bits per heavy atom. The largest absolute Gasteiger partial charge is 0.368 e. The monoisotopic (exact) mass is 308 g/mol. The Bertz CT molecular complexity index is 341. The normalized spacial score (nSPS) is 11.3. The van der Waals surface area contributed by atoms with Crippen LogP contribution in [-0.2, 0) is 3.36 Å². The fraction of sp³-hybridized carbons (Fsp3) is 0.286. The molecule has 0 aromatic carbocycles. The quantitative estimate of drug-likeness (QED) is 0.365. The Morgan fingerprint density at radius 1 is 1.54 bits per heavy atom. The van der Waals surface area contributed by atoms with E-state index in [9.17, 15) is 10.1 Å². The summed E-state index contributed by atoms with van der Waals surface area (Å²) in [5.74, 6) is 0. The Balaban J connectivity index is 3.14. The molecule has 0 amide bonds. The van der Waals surface area contributed by atoms with Crippen LogP contribution >= 0.6 is 31.9 Å². The highest BCUT2D eigenvalue weighted by molar-refractivity contribution is 9.24. The summed E-state index contributed by atoms with van der Waals surface area (Å²) in [6.07, 6.45) is 0. The summed E-state index contributed by atoms with van der Waals surface area (Å²) in [7, 11) is 0. The molecule has 4 nitrogen and oxygen atoms in total. The van der Waals surface area contributed by atoms with Crippen LogP contribution in [0.2, 0.25) is 0 Å². The number of nitro groups is 1. The number of pyridine rings is 1. The number of hydrogen-bond donors (Lipinski definition) is 0. The highest BCUT2D eigenvalue weighted by Gasteiger charge is 2.40. The molecule has 6 heteroatoms. The van der Waals surface area contributed by atoms with Crippen molar-refractivity contribution in [3.8, 4) is 0 Å². The third kappa shape index (κ3) is 2.25. The van der Waals surface area contributed by atoms with Crippen LogP contribution in [0.4, 0.5) is 0 Å². The zero-order valence-corrected chi connectivity index (χ0v) is 9.87. The van der Waals surface area contributed by atoms with Crippen molar-refractivity contribution in [2.45, 2.75) is 10.3 Å². The van der Waals surface area contributed by atoms with Crippen LogP contribution in [0.5, 0.6) is 0 Å². The smallest absolute Gasteiger partial charge is 0.262 e. The molecule has 13 heavy (non-hydrogen) atoms. The van der Waals surface area contributed by atoms with E-state index in [2.05, 4.69) is 36.8 Å². The topological polar surface area (TPSA) is 56.0 Å². The molecule has 1 aromatic rings.